The van der Waals surface area contributed by atoms with Crippen LogP contribution < -0.4 is 10.6 Å². The van der Waals surface area contributed by atoms with Crippen LogP contribution in [0.2, 0.25) is 0 Å². The third kappa shape index (κ3) is 5.58. The van der Waals surface area contributed by atoms with Crippen LogP contribution in [0.3, 0.4) is 0 Å². The van der Waals surface area contributed by atoms with Crippen molar-refractivity contribution in [3.63, 3.8) is 0 Å². The number of guanidine groups is 1. The zero-order valence-electron chi connectivity index (χ0n) is 17.2. The first kappa shape index (κ1) is 21.3. The summed E-state index contributed by atoms with van der Waals surface area (Å²) in [6.07, 6.45) is 2.95. The topological polar surface area (TPSA) is 73.8 Å². The zero-order valence-corrected chi connectivity index (χ0v) is 18.0. The maximum Gasteiger partial charge on any atom is 0.243 e. The van der Waals surface area contributed by atoms with Crippen LogP contribution in [0.4, 0.5) is 0 Å². The lowest BCUT2D eigenvalue weighted by molar-refractivity contribution is 0.346. The summed E-state index contributed by atoms with van der Waals surface area (Å²) in [5, 5.41) is 6.53. The number of benzene rings is 2. The molecule has 2 N–H and O–H groups in total. The molecule has 0 radical (unpaired) electrons. The van der Waals surface area contributed by atoms with E-state index in [2.05, 4.69) is 40.7 Å². The van der Waals surface area contributed by atoms with Crippen molar-refractivity contribution in [1.29, 1.82) is 0 Å². The summed E-state index contributed by atoms with van der Waals surface area (Å²) < 4.78 is 27.8. The molecule has 2 aromatic rings. The third-order valence-electron chi connectivity index (χ3n) is 5.12. The molecule has 1 fully saturated rings. The summed E-state index contributed by atoms with van der Waals surface area (Å²) in [5.41, 5.74) is 3.13. The van der Waals surface area contributed by atoms with Gasteiger partial charge in [-0.3, -0.25) is 4.99 Å². The van der Waals surface area contributed by atoms with Crippen molar-refractivity contribution in [2.75, 3.05) is 20.1 Å². The molecule has 0 aliphatic carbocycles. The highest BCUT2D eigenvalue weighted by Crippen LogP contribution is 2.23. The Labute approximate surface area is 174 Å². The highest BCUT2D eigenvalue weighted by Gasteiger charge is 2.27. The van der Waals surface area contributed by atoms with Gasteiger partial charge in [-0.1, -0.05) is 54.4 Å². The Bertz CT molecular complexity index is 951. The Kier molecular flexibility index (Phi) is 7.28. The van der Waals surface area contributed by atoms with E-state index in [1.54, 1.807) is 23.5 Å². The second-order valence-electron chi connectivity index (χ2n) is 7.34. The lowest BCUT2D eigenvalue weighted by Crippen LogP contribution is -2.38. The minimum atomic E-state index is -3.47. The van der Waals surface area contributed by atoms with Crippen molar-refractivity contribution >= 4 is 16.0 Å². The third-order valence-corrected chi connectivity index (χ3v) is 7.12. The highest BCUT2D eigenvalue weighted by atomic mass is 32.2. The van der Waals surface area contributed by atoms with Gasteiger partial charge in [0.2, 0.25) is 10.0 Å². The van der Waals surface area contributed by atoms with E-state index in [-0.39, 0.29) is 0 Å². The van der Waals surface area contributed by atoms with Crippen LogP contribution >= 0.6 is 0 Å². The summed E-state index contributed by atoms with van der Waals surface area (Å²) in [6.45, 7) is 4.30. The van der Waals surface area contributed by atoms with Gasteiger partial charge in [0.1, 0.15) is 0 Å². The molecule has 7 heteroatoms. The lowest BCUT2D eigenvalue weighted by Gasteiger charge is -2.27. The predicted octanol–water partition coefficient (Wildman–Crippen LogP) is 3.03. The van der Waals surface area contributed by atoms with Crippen LogP contribution in [0.5, 0.6) is 0 Å². The number of hydrogen-bond donors (Lipinski definition) is 2. The second-order valence-corrected chi connectivity index (χ2v) is 9.25. The van der Waals surface area contributed by atoms with Crippen molar-refractivity contribution in [2.24, 2.45) is 4.99 Å². The number of rotatable bonds is 6. The average molecular weight is 415 g/mol. The Morgan fingerprint density at radius 2 is 1.72 bits per heavy atom. The average Bonchev–Trinajstić information content (AvgIpc) is 2.75. The van der Waals surface area contributed by atoms with Gasteiger partial charge in [-0.25, -0.2) is 8.42 Å². The monoisotopic (exact) mass is 414 g/mol. The molecule has 1 saturated heterocycles. The molecule has 0 aromatic heterocycles. The first-order chi connectivity index (χ1) is 14.0. The van der Waals surface area contributed by atoms with Gasteiger partial charge in [0.25, 0.3) is 0 Å². The van der Waals surface area contributed by atoms with Gasteiger partial charge in [0.05, 0.1) is 4.90 Å². The molecule has 0 amide bonds. The van der Waals surface area contributed by atoms with E-state index < -0.39 is 10.0 Å². The van der Waals surface area contributed by atoms with Crippen LogP contribution in [0.1, 0.15) is 36.0 Å². The molecule has 2 aromatic carbocycles. The molecule has 1 aliphatic heterocycles. The summed E-state index contributed by atoms with van der Waals surface area (Å²) in [5.74, 6) is 0.636. The predicted molar refractivity (Wildman–Crippen MR) is 117 cm³/mol. The molecule has 29 heavy (non-hydrogen) atoms. The molecule has 0 spiro atoms. The number of nitrogens with zero attached hydrogens (tertiary/aromatic N) is 2. The molecule has 1 heterocycles. The quantitative estimate of drug-likeness (QED) is 0.563. The Morgan fingerprint density at radius 3 is 2.45 bits per heavy atom. The molecule has 3 rings (SSSR count). The van der Waals surface area contributed by atoms with Gasteiger partial charge in [-0.05, 0) is 37.0 Å². The first-order valence-electron chi connectivity index (χ1n) is 10.1. The Balaban J connectivity index is 1.67. The zero-order chi connectivity index (χ0) is 20.7. The minimum absolute atomic E-state index is 0.378. The second kappa shape index (κ2) is 9.89. The van der Waals surface area contributed by atoms with E-state index >= 15 is 0 Å². The molecule has 0 saturated carbocycles. The van der Waals surface area contributed by atoms with Gasteiger partial charge in [0, 0.05) is 33.2 Å². The van der Waals surface area contributed by atoms with Crippen molar-refractivity contribution < 1.29 is 8.42 Å². The van der Waals surface area contributed by atoms with Crippen LogP contribution in [0.25, 0.3) is 0 Å². The Hall–Kier alpha value is -2.38. The van der Waals surface area contributed by atoms with E-state index in [0.717, 1.165) is 24.8 Å². The Morgan fingerprint density at radius 1 is 1.00 bits per heavy atom. The SMILES string of the molecule is CN=C(NCc1cccc(C)c1)NCc1ccccc1S(=O)(=O)N1CCCCC1. The number of aliphatic imine (C=N–C) groups is 1. The summed E-state index contributed by atoms with van der Waals surface area (Å²) in [4.78, 5) is 4.64. The van der Waals surface area contributed by atoms with Gasteiger partial charge in [0.15, 0.2) is 5.96 Å². The fraction of sp³-hybridized carbons (Fsp3) is 0.409. The fourth-order valence-electron chi connectivity index (χ4n) is 3.55. The largest absolute Gasteiger partial charge is 0.352 e. The van der Waals surface area contributed by atoms with Crippen LogP contribution in [0, 0.1) is 6.92 Å². The molecular weight excluding hydrogens is 384 g/mol. The van der Waals surface area contributed by atoms with E-state index in [1.165, 1.54) is 11.1 Å². The summed E-state index contributed by atoms with van der Waals surface area (Å²) >= 11 is 0. The number of nitrogens with one attached hydrogen (secondary N) is 2. The van der Waals surface area contributed by atoms with E-state index in [0.29, 0.717) is 37.0 Å². The first-order valence-corrected chi connectivity index (χ1v) is 11.5. The van der Waals surface area contributed by atoms with Gasteiger partial charge in [-0.2, -0.15) is 4.31 Å². The van der Waals surface area contributed by atoms with E-state index in [1.807, 2.05) is 18.2 Å². The van der Waals surface area contributed by atoms with E-state index in [4.69, 9.17) is 0 Å². The van der Waals surface area contributed by atoms with Crippen molar-refractivity contribution in [2.45, 2.75) is 44.2 Å². The number of piperidine rings is 1. The summed E-state index contributed by atoms with van der Waals surface area (Å²) in [6, 6.07) is 15.5. The standard InChI is InChI=1S/C22H30N4O2S/c1-18-9-8-10-19(15-18)16-24-22(23-2)25-17-20-11-4-5-12-21(20)29(27,28)26-13-6-3-7-14-26/h4-5,8-12,15H,3,6-7,13-14,16-17H2,1-2H3,(H2,23,24,25). The number of sulfonamides is 1. The van der Waals surface area contributed by atoms with Crippen molar-refractivity contribution in [1.82, 2.24) is 14.9 Å². The van der Waals surface area contributed by atoms with Crippen molar-refractivity contribution in [3.8, 4) is 0 Å². The minimum Gasteiger partial charge on any atom is -0.352 e. The maximum absolute atomic E-state index is 13.1. The van der Waals surface area contributed by atoms with Gasteiger partial charge in [-0.15, -0.1) is 0 Å². The molecule has 0 atom stereocenters. The van der Waals surface area contributed by atoms with Gasteiger partial charge >= 0.3 is 0 Å². The molecule has 0 unspecified atom stereocenters. The molecular formula is C22H30N4O2S. The van der Waals surface area contributed by atoms with Crippen LogP contribution in [-0.2, 0) is 23.1 Å². The van der Waals surface area contributed by atoms with Crippen LogP contribution in [-0.4, -0.2) is 38.8 Å². The normalized spacial score (nSPS) is 15.9. The smallest absolute Gasteiger partial charge is 0.243 e. The molecule has 6 nitrogen and oxygen atoms in total. The molecule has 1 aliphatic rings. The fourth-order valence-corrected chi connectivity index (χ4v) is 5.29. The molecule has 156 valence electrons. The number of hydrogen-bond acceptors (Lipinski definition) is 3. The van der Waals surface area contributed by atoms with Crippen LogP contribution in [0.15, 0.2) is 58.4 Å². The molecule has 0 bridgehead atoms. The van der Waals surface area contributed by atoms with Crippen molar-refractivity contribution in [3.05, 3.63) is 65.2 Å². The highest BCUT2D eigenvalue weighted by molar-refractivity contribution is 7.89. The maximum atomic E-state index is 13.1. The summed E-state index contributed by atoms with van der Waals surface area (Å²) in [7, 11) is -1.76. The van der Waals surface area contributed by atoms with E-state index in [9.17, 15) is 8.42 Å². The lowest BCUT2D eigenvalue weighted by atomic mass is 10.1. The number of aryl methyl sites for hydroxylation is 1. The van der Waals surface area contributed by atoms with Gasteiger partial charge < -0.3 is 10.6 Å².